The van der Waals surface area contributed by atoms with Gasteiger partial charge in [-0.15, -0.1) is 0 Å². The molecule has 45 heavy (non-hydrogen) atoms. The Hall–Kier alpha value is -4.19. The maximum atomic E-state index is 12.5. The minimum Gasteiger partial charge on any atom is -0.494 e. The quantitative estimate of drug-likeness (QED) is 0.310. The van der Waals surface area contributed by atoms with E-state index in [1.54, 1.807) is 7.11 Å². The van der Waals surface area contributed by atoms with Crippen molar-refractivity contribution in [2.24, 2.45) is 0 Å². The molecule has 3 aliphatic rings. The van der Waals surface area contributed by atoms with Crippen molar-refractivity contribution in [3.63, 3.8) is 0 Å². The molecule has 0 radical (unpaired) electrons. The smallest absolute Gasteiger partial charge is 0.247 e. The van der Waals surface area contributed by atoms with Gasteiger partial charge in [0.25, 0.3) is 0 Å². The Bertz CT molecular complexity index is 1480. The number of aromatic nitrogens is 2. The third-order valence-electron chi connectivity index (χ3n) is 9.24. The zero-order valence-corrected chi connectivity index (χ0v) is 26.5. The number of methoxy groups -OCH3 is 1. The molecular formula is C34H44N8O3. The molecular weight excluding hydrogens is 568 g/mol. The molecule has 2 aromatic carbocycles. The summed E-state index contributed by atoms with van der Waals surface area (Å²) in [6, 6.07) is 17.3. The summed E-state index contributed by atoms with van der Waals surface area (Å²) in [6.07, 6.45) is 7.05. The Morgan fingerprint density at radius 2 is 1.84 bits per heavy atom. The van der Waals surface area contributed by atoms with Gasteiger partial charge in [-0.1, -0.05) is 36.9 Å². The van der Waals surface area contributed by atoms with Crippen LogP contribution < -0.4 is 25.3 Å². The molecule has 11 nitrogen and oxygen atoms in total. The summed E-state index contributed by atoms with van der Waals surface area (Å²) in [7, 11) is 6.00. The van der Waals surface area contributed by atoms with Crippen LogP contribution in [0.2, 0.25) is 0 Å². The molecule has 0 spiro atoms. The van der Waals surface area contributed by atoms with E-state index in [1.165, 1.54) is 24.4 Å². The molecule has 2 unspecified atom stereocenters. The van der Waals surface area contributed by atoms with Gasteiger partial charge in [0.1, 0.15) is 17.9 Å². The lowest BCUT2D eigenvalue weighted by atomic mass is 10.0. The molecule has 2 atom stereocenters. The Morgan fingerprint density at radius 1 is 1.04 bits per heavy atom. The Kier molecular flexibility index (Phi) is 9.48. The summed E-state index contributed by atoms with van der Waals surface area (Å²) in [4.78, 5) is 34.9. The summed E-state index contributed by atoms with van der Waals surface area (Å²) in [5.41, 5.74) is 3.47. The van der Waals surface area contributed by atoms with Crippen LogP contribution in [0, 0.1) is 0 Å². The van der Waals surface area contributed by atoms with E-state index in [2.05, 4.69) is 68.1 Å². The molecule has 238 valence electrons. The van der Waals surface area contributed by atoms with Crippen molar-refractivity contribution in [2.45, 2.75) is 43.8 Å². The first kappa shape index (κ1) is 30.8. The lowest BCUT2D eigenvalue weighted by Gasteiger charge is -2.39. The standard InChI is InChI=1S/C34H44N8O3/c1-5-34(43)38-27-19-28(37-32-21-33(36-23-35-32)42-29(14-18-45-42)24-9-7-6-8-10-24)31(44-4)20-30(27)40-15-11-25(12-16-40)41-17-13-26(22-41)39(2)3/h5-10,19-21,23,25-26,29H,1,11-18,22H2,2-4H3,(H,38,43)(H,35,36,37). The number of benzene rings is 2. The predicted molar refractivity (Wildman–Crippen MR) is 178 cm³/mol. The highest BCUT2D eigenvalue weighted by atomic mass is 16.7. The van der Waals surface area contributed by atoms with Gasteiger partial charge >= 0.3 is 0 Å². The SMILES string of the molecule is C=CC(=O)Nc1cc(Nc2cc(N3OCCC3c3ccccc3)ncn2)c(OC)cc1N1CCC(N2CCC(N(C)C)C2)CC1. The Labute approximate surface area is 265 Å². The fourth-order valence-electron chi connectivity index (χ4n) is 6.72. The average Bonchev–Trinajstić information content (AvgIpc) is 3.77. The Balaban J connectivity index is 1.21. The average molecular weight is 613 g/mol. The van der Waals surface area contributed by atoms with Crippen LogP contribution in [0.4, 0.5) is 28.7 Å². The van der Waals surface area contributed by atoms with Crippen LogP contribution in [0.5, 0.6) is 5.75 Å². The van der Waals surface area contributed by atoms with E-state index in [0.29, 0.717) is 47.5 Å². The van der Waals surface area contributed by atoms with Crippen molar-refractivity contribution < 1.29 is 14.4 Å². The van der Waals surface area contributed by atoms with Gasteiger partial charge in [-0.2, -0.15) is 0 Å². The number of carbonyl (C=O) groups is 1. The zero-order chi connectivity index (χ0) is 31.3. The van der Waals surface area contributed by atoms with E-state index in [0.717, 1.165) is 51.1 Å². The van der Waals surface area contributed by atoms with E-state index in [1.807, 2.05) is 41.5 Å². The highest BCUT2D eigenvalue weighted by molar-refractivity contribution is 6.02. The second kappa shape index (κ2) is 13.8. The molecule has 3 fully saturated rings. The first-order valence-electron chi connectivity index (χ1n) is 15.8. The summed E-state index contributed by atoms with van der Waals surface area (Å²) in [5.74, 6) is 1.62. The van der Waals surface area contributed by atoms with E-state index in [4.69, 9.17) is 9.57 Å². The number of likely N-dealkylation sites (tertiary alicyclic amines) is 1. The number of ether oxygens (including phenoxy) is 1. The molecule has 6 rings (SSSR count). The largest absolute Gasteiger partial charge is 0.494 e. The van der Waals surface area contributed by atoms with Crippen LogP contribution >= 0.6 is 0 Å². The van der Waals surface area contributed by atoms with Gasteiger partial charge in [-0.25, -0.2) is 15.0 Å². The summed E-state index contributed by atoms with van der Waals surface area (Å²) in [6.45, 7) is 8.36. The lowest BCUT2D eigenvalue weighted by molar-refractivity contribution is -0.111. The first-order chi connectivity index (χ1) is 21.9. The fourth-order valence-corrected chi connectivity index (χ4v) is 6.72. The molecule has 11 heteroatoms. The highest BCUT2D eigenvalue weighted by Crippen LogP contribution is 2.40. The molecule has 3 saturated heterocycles. The van der Waals surface area contributed by atoms with Gasteiger partial charge in [0.15, 0.2) is 5.82 Å². The van der Waals surface area contributed by atoms with Gasteiger partial charge in [-0.05, 0) is 51.1 Å². The van der Waals surface area contributed by atoms with Crippen LogP contribution in [-0.2, 0) is 9.63 Å². The van der Waals surface area contributed by atoms with Crippen LogP contribution in [-0.4, -0.2) is 91.7 Å². The van der Waals surface area contributed by atoms with E-state index >= 15 is 0 Å². The van der Waals surface area contributed by atoms with Crippen LogP contribution in [0.15, 0.2) is 67.5 Å². The number of rotatable bonds is 10. The van der Waals surface area contributed by atoms with Crippen molar-refractivity contribution in [1.82, 2.24) is 19.8 Å². The van der Waals surface area contributed by atoms with Gasteiger partial charge in [-0.3, -0.25) is 14.5 Å². The monoisotopic (exact) mass is 612 g/mol. The second-order valence-electron chi connectivity index (χ2n) is 12.1. The molecule has 0 bridgehead atoms. The molecule has 3 aliphatic heterocycles. The lowest BCUT2D eigenvalue weighted by Crippen LogP contribution is -2.45. The van der Waals surface area contributed by atoms with Gasteiger partial charge in [0.05, 0.1) is 36.8 Å². The minimum absolute atomic E-state index is 0.0625. The Morgan fingerprint density at radius 3 is 2.56 bits per heavy atom. The van der Waals surface area contributed by atoms with Crippen LogP contribution in [0.1, 0.15) is 37.3 Å². The van der Waals surface area contributed by atoms with Crippen molar-refractivity contribution in [1.29, 1.82) is 0 Å². The molecule has 0 aliphatic carbocycles. The van der Waals surface area contributed by atoms with E-state index < -0.39 is 0 Å². The fraction of sp³-hybridized carbons (Fsp3) is 0.441. The normalized spacial score (nSPS) is 20.9. The summed E-state index contributed by atoms with van der Waals surface area (Å²) < 4.78 is 5.86. The maximum absolute atomic E-state index is 12.5. The van der Waals surface area contributed by atoms with Gasteiger partial charge < -0.3 is 25.2 Å². The predicted octanol–water partition coefficient (Wildman–Crippen LogP) is 4.84. The number of carbonyl (C=O) groups excluding carboxylic acids is 1. The van der Waals surface area contributed by atoms with Gasteiger partial charge in [0.2, 0.25) is 5.91 Å². The first-order valence-corrected chi connectivity index (χ1v) is 15.8. The number of hydrogen-bond donors (Lipinski definition) is 2. The molecule has 0 saturated carbocycles. The molecule has 3 aromatic rings. The maximum Gasteiger partial charge on any atom is 0.247 e. The molecule has 1 aromatic heterocycles. The number of likely N-dealkylation sites (N-methyl/N-ethyl adjacent to an activating group) is 1. The number of hydroxylamine groups is 1. The van der Waals surface area contributed by atoms with Crippen molar-refractivity contribution in [3.05, 3.63) is 73.1 Å². The zero-order valence-electron chi connectivity index (χ0n) is 26.5. The number of nitrogens with one attached hydrogen (secondary N) is 2. The van der Waals surface area contributed by atoms with Crippen molar-refractivity contribution in [3.8, 4) is 5.75 Å². The number of amides is 1. The van der Waals surface area contributed by atoms with Crippen LogP contribution in [0.25, 0.3) is 0 Å². The number of anilines is 5. The van der Waals surface area contributed by atoms with Gasteiger partial charge in [0, 0.05) is 56.8 Å². The highest BCUT2D eigenvalue weighted by Gasteiger charge is 2.33. The minimum atomic E-state index is -0.267. The number of nitrogens with zero attached hydrogens (tertiary/aromatic N) is 6. The topological polar surface area (TPSA) is 98.3 Å². The third kappa shape index (κ3) is 6.90. The number of hydrogen-bond acceptors (Lipinski definition) is 10. The van der Waals surface area contributed by atoms with Crippen molar-refractivity contribution >= 4 is 34.6 Å². The van der Waals surface area contributed by atoms with E-state index in [-0.39, 0.29) is 11.9 Å². The number of piperidine rings is 1. The third-order valence-corrected chi connectivity index (χ3v) is 9.24. The summed E-state index contributed by atoms with van der Waals surface area (Å²) in [5, 5.41) is 8.28. The molecule has 4 heterocycles. The van der Waals surface area contributed by atoms with Crippen molar-refractivity contribution in [2.75, 3.05) is 74.6 Å². The molecule has 2 N–H and O–H groups in total. The molecule has 1 amide bonds. The summed E-state index contributed by atoms with van der Waals surface area (Å²) >= 11 is 0. The van der Waals surface area contributed by atoms with E-state index in [9.17, 15) is 4.79 Å². The van der Waals surface area contributed by atoms with Crippen LogP contribution in [0.3, 0.4) is 0 Å². The second-order valence-corrected chi connectivity index (χ2v) is 12.1.